The van der Waals surface area contributed by atoms with Crippen LogP contribution in [-0.2, 0) is 4.79 Å². The Labute approximate surface area is 118 Å². The van der Waals surface area contributed by atoms with Gasteiger partial charge >= 0.3 is 0 Å². The minimum Gasteiger partial charge on any atom is -0.459 e. The lowest BCUT2D eigenvalue weighted by Gasteiger charge is -2.37. The van der Waals surface area contributed by atoms with Gasteiger partial charge in [0.15, 0.2) is 5.76 Å². The Kier molecular flexibility index (Phi) is 4.92. The summed E-state index contributed by atoms with van der Waals surface area (Å²) in [5, 5.41) is 2.34. The second kappa shape index (κ2) is 6.67. The van der Waals surface area contributed by atoms with Gasteiger partial charge in [-0.3, -0.25) is 19.8 Å². The molecule has 1 aromatic heterocycles. The SMILES string of the molecule is CC(N)C1CCCCN1CC(=O)NC(=O)c1ccco1. The Morgan fingerprint density at radius 3 is 3.00 bits per heavy atom. The van der Waals surface area contributed by atoms with Crippen LogP contribution in [0.4, 0.5) is 0 Å². The van der Waals surface area contributed by atoms with Crippen molar-refractivity contribution in [3.63, 3.8) is 0 Å². The van der Waals surface area contributed by atoms with Crippen molar-refractivity contribution in [2.75, 3.05) is 13.1 Å². The molecule has 0 saturated carbocycles. The highest BCUT2D eigenvalue weighted by Gasteiger charge is 2.27. The van der Waals surface area contributed by atoms with Gasteiger partial charge in [-0.25, -0.2) is 0 Å². The van der Waals surface area contributed by atoms with Crippen LogP contribution in [0.2, 0.25) is 0 Å². The molecule has 1 saturated heterocycles. The predicted molar refractivity (Wildman–Crippen MR) is 74.0 cm³/mol. The standard InChI is InChI=1S/C14H21N3O3/c1-10(15)11-5-2-3-7-17(11)9-13(18)16-14(19)12-6-4-8-20-12/h4,6,8,10-11H,2-3,5,7,9,15H2,1H3,(H,16,18,19). The number of imide groups is 1. The Hall–Kier alpha value is -1.66. The van der Waals surface area contributed by atoms with Crippen molar-refractivity contribution in [2.45, 2.75) is 38.3 Å². The maximum Gasteiger partial charge on any atom is 0.293 e. The first-order valence-electron chi connectivity index (χ1n) is 6.95. The third-order valence-corrected chi connectivity index (χ3v) is 3.62. The number of rotatable bonds is 4. The monoisotopic (exact) mass is 279 g/mol. The molecule has 0 aliphatic carbocycles. The van der Waals surface area contributed by atoms with E-state index in [0.717, 1.165) is 25.8 Å². The van der Waals surface area contributed by atoms with Crippen LogP contribution in [0.25, 0.3) is 0 Å². The molecule has 6 heteroatoms. The summed E-state index contributed by atoms with van der Waals surface area (Å²) in [6, 6.07) is 3.35. The molecule has 0 spiro atoms. The molecule has 20 heavy (non-hydrogen) atoms. The number of nitrogens with zero attached hydrogens (tertiary/aromatic N) is 1. The predicted octanol–water partition coefficient (Wildman–Crippen LogP) is 0.738. The molecular weight excluding hydrogens is 258 g/mol. The second-order valence-corrected chi connectivity index (χ2v) is 5.25. The highest BCUT2D eigenvalue weighted by Crippen LogP contribution is 2.18. The Balaban J connectivity index is 1.88. The zero-order chi connectivity index (χ0) is 14.5. The van der Waals surface area contributed by atoms with Gasteiger partial charge in [0, 0.05) is 12.1 Å². The van der Waals surface area contributed by atoms with Crippen molar-refractivity contribution in [1.82, 2.24) is 10.2 Å². The number of amides is 2. The number of carbonyl (C=O) groups excluding carboxylic acids is 2. The summed E-state index contributed by atoms with van der Waals surface area (Å²) in [6.07, 6.45) is 4.59. The second-order valence-electron chi connectivity index (χ2n) is 5.25. The number of nitrogens with one attached hydrogen (secondary N) is 1. The van der Waals surface area contributed by atoms with Gasteiger partial charge in [-0.15, -0.1) is 0 Å². The first-order valence-corrected chi connectivity index (χ1v) is 6.95. The van der Waals surface area contributed by atoms with Crippen LogP contribution in [-0.4, -0.2) is 41.9 Å². The lowest BCUT2D eigenvalue weighted by atomic mass is 9.97. The molecule has 2 amide bonds. The quantitative estimate of drug-likeness (QED) is 0.848. The topological polar surface area (TPSA) is 88.6 Å². The van der Waals surface area contributed by atoms with E-state index >= 15 is 0 Å². The number of hydrogen-bond acceptors (Lipinski definition) is 5. The van der Waals surface area contributed by atoms with E-state index in [-0.39, 0.29) is 30.3 Å². The molecule has 110 valence electrons. The van der Waals surface area contributed by atoms with Crippen molar-refractivity contribution >= 4 is 11.8 Å². The van der Waals surface area contributed by atoms with Crippen molar-refractivity contribution in [3.8, 4) is 0 Å². The van der Waals surface area contributed by atoms with Gasteiger partial charge < -0.3 is 10.2 Å². The fraction of sp³-hybridized carbons (Fsp3) is 0.571. The summed E-state index contributed by atoms with van der Waals surface area (Å²) in [4.78, 5) is 25.7. The molecule has 2 unspecified atom stereocenters. The molecule has 1 aliphatic rings. The number of hydrogen-bond donors (Lipinski definition) is 2. The molecular formula is C14H21N3O3. The minimum atomic E-state index is -0.505. The first-order chi connectivity index (χ1) is 9.58. The van der Waals surface area contributed by atoms with E-state index in [9.17, 15) is 9.59 Å². The number of carbonyl (C=O) groups is 2. The molecule has 1 aliphatic heterocycles. The number of nitrogens with two attached hydrogens (primary N) is 1. The fourth-order valence-corrected chi connectivity index (χ4v) is 2.63. The highest BCUT2D eigenvalue weighted by atomic mass is 16.3. The van der Waals surface area contributed by atoms with E-state index in [2.05, 4.69) is 10.2 Å². The molecule has 1 aromatic rings. The summed E-state index contributed by atoms with van der Waals surface area (Å²) >= 11 is 0. The third-order valence-electron chi connectivity index (χ3n) is 3.62. The number of piperidine rings is 1. The maximum atomic E-state index is 11.9. The van der Waals surface area contributed by atoms with Gasteiger partial charge in [0.1, 0.15) is 0 Å². The number of likely N-dealkylation sites (tertiary alicyclic amines) is 1. The Morgan fingerprint density at radius 2 is 2.35 bits per heavy atom. The van der Waals surface area contributed by atoms with E-state index in [0.29, 0.717) is 0 Å². The molecule has 2 atom stereocenters. The normalized spacial score (nSPS) is 21.4. The molecule has 6 nitrogen and oxygen atoms in total. The van der Waals surface area contributed by atoms with E-state index in [1.807, 2.05) is 6.92 Å². The van der Waals surface area contributed by atoms with E-state index < -0.39 is 5.91 Å². The van der Waals surface area contributed by atoms with Gasteiger partial charge in [0.2, 0.25) is 5.91 Å². The van der Waals surface area contributed by atoms with Gasteiger partial charge in [0.25, 0.3) is 5.91 Å². The van der Waals surface area contributed by atoms with Crippen LogP contribution in [0.1, 0.15) is 36.7 Å². The van der Waals surface area contributed by atoms with E-state index in [1.165, 1.54) is 12.3 Å². The van der Waals surface area contributed by atoms with Crippen LogP contribution >= 0.6 is 0 Å². The van der Waals surface area contributed by atoms with Crippen LogP contribution < -0.4 is 11.1 Å². The minimum absolute atomic E-state index is 0.0175. The summed E-state index contributed by atoms with van der Waals surface area (Å²) in [6.45, 7) is 2.99. The zero-order valence-electron chi connectivity index (χ0n) is 11.7. The summed E-state index contributed by atoms with van der Waals surface area (Å²) in [5.41, 5.74) is 5.96. The molecule has 1 fully saturated rings. The van der Waals surface area contributed by atoms with Crippen LogP contribution in [0.3, 0.4) is 0 Å². The molecule has 0 radical (unpaired) electrons. The first kappa shape index (κ1) is 14.7. The Morgan fingerprint density at radius 1 is 1.55 bits per heavy atom. The average molecular weight is 279 g/mol. The summed E-state index contributed by atoms with van der Waals surface area (Å²) < 4.78 is 4.95. The van der Waals surface area contributed by atoms with Crippen LogP contribution in [0.15, 0.2) is 22.8 Å². The lowest BCUT2D eigenvalue weighted by molar-refractivity contribution is -0.122. The van der Waals surface area contributed by atoms with Gasteiger partial charge in [0.05, 0.1) is 12.8 Å². The van der Waals surface area contributed by atoms with E-state index in [4.69, 9.17) is 10.2 Å². The van der Waals surface area contributed by atoms with Gasteiger partial charge in [-0.2, -0.15) is 0 Å². The smallest absolute Gasteiger partial charge is 0.293 e. The maximum absolute atomic E-state index is 11.9. The largest absolute Gasteiger partial charge is 0.459 e. The van der Waals surface area contributed by atoms with Crippen molar-refractivity contribution in [2.24, 2.45) is 5.73 Å². The fourth-order valence-electron chi connectivity index (χ4n) is 2.63. The molecule has 2 rings (SSSR count). The molecule has 0 aromatic carbocycles. The van der Waals surface area contributed by atoms with Gasteiger partial charge in [-0.1, -0.05) is 6.42 Å². The average Bonchev–Trinajstić information content (AvgIpc) is 2.92. The van der Waals surface area contributed by atoms with Crippen LogP contribution in [0.5, 0.6) is 0 Å². The van der Waals surface area contributed by atoms with Crippen molar-refractivity contribution in [1.29, 1.82) is 0 Å². The lowest BCUT2D eigenvalue weighted by Crippen LogP contribution is -2.52. The third kappa shape index (κ3) is 3.68. The number of furan rings is 1. The van der Waals surface area contributed by atoms with E-state index in [1.54, 1.807) is 6.07 Å². The zero-order valence-corrected chi connectivity index (χ0v) is 11.7. The molecule has 3 N–H and O–H groups in total. The van der Waals surface area contributed by atoms with Crippen LogP contribution in [0, 0.1) is 0 Å². The summed E-state index contributed by atoms with van der Waals surface area (Å²) in [7, 11) is 0. The van der Waals surface area contributed by atoms with Gasteiger partial charge in [-0.05, 0) is 38.4 Å². The molecule has 0 bridgehead atoms. The Bertz CT molecular complexity index is 456. The molecule has 2 heterocycles. The highest BCUT2D eigenvalue weighted by molar-refractivity contribution is 6.03. The van der Waals surface area contributed by atoms with Crippen molar-refractivity contribution < 1.29 is 14.0 Å². The van der Waals surface area contributed by atoms with Crippen molar-refractivity contribution in [3.05, 3.63) is 24.2 Å². The summed E-state index contributed by atoms with van der Waals surface area (Å²) in [5.74, 6) is -0.686.